The predicted octanol–water partition coefficient (Wildman–Crippen LogP) is 0.137. The molecular weight excluding hydrogens is 401 g/mol. The molecule has 0 aliphatic carbocycles. The van der Waals surface area contributed by atoms with Crippen molar-refractivity contribution in [2.24, 2.45) is 7.05 Å². The van der Waals surface area contributed by atoms with Gasteiger partial charge in [0.25, 0.3) is 0 Å². The van der Waals surface area contributed by atoms with Gasteiger partial charge in [0, 0.05) is 42.6 Å². The fourth-order valence-electron chi connectivity index (χ4n) is 4.61. The molecule has 4 rings (SSSR count). The Morgan fingerprint density at radius 1 is 1.06 bits per heavy atom. The van der Waals surface area contributed by atoms with E-state index in [1.54, 1.807) is 9.13 Å². The molecule has 2 aromatic carbocycles. The van der Waals surface area contributed by atoms with Crippen LogP contribution in [0.25, 0.3) is 21.9 Å². The van der Waals surface area contributed by atoms with Crippen LogP contribution in [0.4, 0.5) is 0 Å². The van der Waals surface area contributed by atoms with Gasteiger partial charge < -0.3 is 14.5 Å². The zero-order valence-corrected chi connectivity index (χ0v) is 20.6. The third kappa shape index (κ3) is 4.25. The minimum absolute atomic E-state index is 0. The van der Waals surface area contributed by atoms with E-state index in [4.69, 9.17) is 0 Å². The van der Waals surface area contributed by atoms with E-state index in [1.165, 1.54) is 5.56 Å². The molecule has 0 aliphatic heterocycles. The van der Waals surface area contributed by atoms with E-state index in [-0.39, 0.29) is 41.7 Å². The number of rotatable bonds is 7. The Morgan fingerprint density at radius 3 is 2.42 bits per heavy atom. The van der Waals surface area contributed by atoms with E-state index in [1.807, 2.05) is 44.3 Å². The largest absolute Gasteiger partial charge is 1.00 e. The molecule has 0 unspecified atom stereocenters. The maximum absolute atomic E-state index is 13.5. The van der Waals surface area contributed by atoms with Crippen LogP contribution in [0.1, 0.15) is 43.4 Å². The smallest absolute Gasteiger partial charge is 0.550 e. The van der Waals surface area contributed by atoms with Crippen LogP contribution < -0.4 is 40.4 Å². The molecule has 156 valence electrons. The number of imidazole rings is 1. The Kier molecular flexibility index (Phi) is 7.14. The minimum Gasteiger partial charge on any atom is -0.550 e. The van der Waals surface area contributed by atoms with Crippen molar-refractivity contribution >= 4 is 27.9 Å². The van der Waals surface area contributed by atoms with Crippen LogP contribution in [0, 0.1) is 6.92 Å². The van der Waals surface area contributed by atoms with Crippen molar-refractivity contribution in [3.05, 3.63) is 70.3 Å². The van der Waals surface area contributed by atoms with Crippen molar-refractivity contribution in [2.45, 2.75) is 45.7 Å². The molecule has 0 aliphatic rings. The Morgan fingerprint density at radius 2 is 1.74 bits per heavy atom. The van der Waals surface area contributed by atoms with E-state index in [9.17, 15) is 14.7 Å². The molecule has 2 heterocycles. The van der Waals surface area contributed by atoms with Gasteiger partial charge in [-0.15, -0.1) is 0 Å². The van der Waals surface area contributed by atoms with Crippen molar-refractivity contribution in [1.82, 2.24) is 13.7 Å². The second kappa shape index (κ2) is 9.47. The third-order valence-corrected chi connectivity index (χ3v) is 5.89. The van der Waals surface area contributed by atoms with Gasteiger partial charge in [-0.25, -0.2) is 4.79 Å². The first kappa shape index (κ1) is 23.4. The molecule has 1 atom stereocenters. The Bertz CT molecular complexity index is 1300. The number of aliphatic carboxylic acids is 1. The number of aryl methyl sites for hydroxylation is 2. The summed E-state index contributed by atoms with van der Waals surface area (Å²) in [5.74, 6) is -1.14. The summed E-state index contributed by atoms with van der Waals surface area (Å²) in [6.07, 6.45) is 3.29. The van der Waals surface area contributed by atoms with Crippen LogP contribution in [0.2, 0.25) is 0 Å². The number of fused-ring (bicyclic) bond motifs is 2. The van der Waals surface area contributed by atoms with Crippen LogP contribution >= 0.6 is 0 Å². The summed E-state index contributed by atoms with van der Waals surface area (Å²) in [4.78, 5) is 24.9. The standard InChI is InChI=1S/C24H27N3O3.Na/c1-4-8-18(13-22(28)29)27-20-11-6-5-10-19(20)26(24(27)30)15-17-14-25(3)21-12-7-9-16(2)23(17)21;/h5-7,9-12,14,18H,4,8,13,15H2,1-3H3,(H,28,29);/q;+1/p-1/t18-;/m0./s1. The van der Waals surface area contributed by atoms with Gasteiger partial charge in [-0.3, -0.25) is 9.13 Å². The average molecular weight is 427 g/mol. The van der Waals surface area contributed by atoms with Crippen molar-refractivity contribution in [1.29, 1.82) is 0 Å². The Labute approximate surface area is 203 Å². The molecule has 0 N–H and O–H groups in total. The summed E-state index contributed by atoms with van der Waals surface area (Å²) in [6, 6.07) is 13.4. The number of hydrogen-bond donors (Lipinski definition) is 0. The fourth-order valence-corrected chi connectivity index (χ4v) is 4.61. The Hall–Kier alpha value is -2.28. The number of benzene rings is 2. The molecule has 7 heteroatoms. The zero-order valence-electron chi connectivity index (χ0n) is 18.6. The van der Waals surface area contributed by atoms with Crippen molar-refractivity contribution in [3.63, 3.8) is 0 Å². The molecular formula is C24H26N3NaO3. The van der Waals surface area contributed by atoms with Gasteiger partial charge in [0.2, 0.25) is 0 Å². The number of carbonyl (C=O) groups excluding carboxylic acids is 1. The second-order valence-corrected chi connectivity index (χ2v) is 7.98. The predicted molar refractivity (Wildman–Crippen MR) is 117 cm³/mol. The molecule has 31 heavy (non-hydrogen) atoms. The number of carboxylic acid groups (broad SMARTS) is 1. The summed E-state index contributed by atoms with van der Waals surface area (Å²) in [6.45, 7) is 4.50. The van der Waals surface area contributed by atoms with E-state index in [2.05, 4.69) is 29.8 Å². The van der Waals surface area contributed by atoms with E-state index >= 15 is 0 Å². The van der Waals surface area contributed by atoms with Crippen molar-refractivity contribution in [2.75, 3.05) is 0 Å². The molecule has 0 bridgehead atoms. The van der Waals surface area contributed by atoms with Crippen LogP contribution in [0.15, 0.2) is 53.5 Å². The first-order chi connectivity index (χ1) is 14.4. The summed E-state index contributed by atoms with van der Waals surface area (Å²) in [5.41, 5.74) is 4.76. The molecule has 0 spiro atoms. The fraction of sp³-hybridized carbons (Fsp3) is 0.333. The normalized spacial score (nSPS) is 12.2. The second-order valence-electron chi connectivity index (χ2n) is 7.98. The number of carboxylic acids is 1. The van der Waals surface area contributed by atoms with Crippen LogP contribution in [-0.2, 0) is 18.4 Å². The van der Waals surface area contributed by atoms with Gasteiger partial charge in [-0.05, 0) is 42.7 Å². The van der Waals surface area contributed by atoms with Crippen LogP contribution in [0.5, 0.6) is 0 Å². The maximum atomic E-state index is 13.5. The Balaban J connectivity index is 0.00000272. The number of aromatic nitrogens is 3. The molecule has 0 saturated carbocycles. The van der Waals surface area contributed by atoms with E-state index in [0.29, 0.717) is 13.0 Å². The SMILES string of the molecule is CCC[C@@H](CC(=O)[O-])n1c(=O)n(Cc2cn(C)c3cccc(C)c23)c2ccccc21.[Na+]. The summed E-state index contributed by atoms with van der Waals surface area (Å²) < 4.78 is 5.49. The van der Waals surface area contributed by atoms with E-state index < -0.39 is 12.0 Å². The number of para-hydroxylation sites is 2. The summed E-state index contributed by atoms with van der Waals surface area (Å²) >= 11 is 0. The van der Waals surface area contributed by atoms with Crippen LogP contribution in [0.3, 0.4) is 0 Å². The monoisotopic (exact) mass is 427 g/mol. The molecule has 2 aromatic heterocycles. The summed E-state index contributed by atoms with van der Waals surface area (Å²) in [7, 11) is 2.01. The number of carbonyl (C=O) groups is 1. The van der Waals surface area contributed by atoms with Crippen molar-refractivity contribution in [3.8, 4) is 0 Å². The molecule has 0 saturated heterocycles. The first-order valence-electron chi connectivity index (χ1n) is 10.4. The van der Waals surface area contributed by atoms with Gasteiger partial charge >= 0.3 is 35.2 Å². The average Bonchev–Trinajstić information content (AvgIpc) is 3.17. The molecule has 4 aromatic rings. The molecule has 0 amide bonds. The quantitative estimate of drug-likeness (QED) is 0.394. The first-order valence-corrected chi connectivity index (χ1v) is 10.4. The van der Waals surface area contributed by atoms with Gasteiger partial charge in [0.15, 0.2) is 0 Å². The topological polar surface area (TPSA) is 72.0 Å². The van der Waals surface area contributed by atoms with Gasteiger partial charge in [0.1, 0.15) is 0 Å². The van der Waals surface area contributed by atoms with E-state index in [0.717, 1.165) is 33.9 Å². The molecule has 0 radical (unpaired) electrons. The molecule has 0 fully saturated rings. The van der Waals surface area contributed by atoms with Gasteiger partial charge in [-0.2, -0.15) is 0 Å². The number of nitrogens with zero attached hydrogens (tertiary/aromatic N) is 3. The minimum atomic E-state index is -1.14. The summed E-state index contributed by atoms with van der Waals surface area (Å²) in [5, 5.41) is 12.5. The maximum Gasteiger partial charge on any atom is 1.00 e. The van der Waals surface area contributed by atoms with Gasteiger partial charge in [0.05, 0.1) is 17.6 Å². The van der Waals surface area contributed by atoms with Crippen LogP contribution in [-0.4, -0.2) is 19.7 Å². The molecule has 6 nitrogen and oxygen atoms in total. The number of hydrogen-bond acceptors (Lipinski definition) is 3. The van der Waals surface area contributed by atoms with Gasteiger partial charge in [-0.1, -0.05) is 37.6 Å². The van der Waals surface area contributed by atoms with Crippen molar-refractivity contribution < 1.29 is 39.5 Å². The zero-order chi connectivity index (χ0) is 21.4. The third-order valence-electron chi connectivity index (χ3n) is 5.89.